The molecule has 2 atom stereocenters. The summed E-state index contributed by atoms with van der Waals surface area (Å²) in [5.41, 5.74) is 0. The van der Waals surface area contributed by atoms with E-state index in [4.69, 9.17) is 5.11 Å². The van der Waals surface area contributed by atoms with Gasteiger partial charge in [0.05, 0.1) is 0 Å². The third-order valence-electron chi connectivity index (χ3n) is 3.17. The Morgan fingerprint density at radius 3 is 2.67 bits per heavy atom. The normalized spacial score (nSPS) is 36.4. The van der Waals surface area contributed by atoms with Crippen LogP contribution in [0.5, 0.6) is 0 Å². The molecule has 68 valence electrons. The summed E-state index contributed by atoms with van der Waals surface area (Å²) in [6.45, 7) is 2.57. The summed E-state index contributed by atoms with van der Waals surface area (Å²) in [5.74, 6) is 0.546. The maximum absolute atomic E-state index is 9.15. The molecule has 1 heterocycles. The van der Waals surface area contributed by atoms with Gasteiger partial charge in [0.1, 0.15) is 0 Å². The van der Waals surface area contributed by atoms with Crippen LogP contribution in [0.25, 0.3) is 0 Å². The summed E-state index contributed by atoms with van der Waals surface area (Å²) in [6.07, 6.45) is 8.26. The zero-order valence-electron chi connectivity index (χ0n) is 7.45. The first-order valence-electron chi connectivity index (χ1n) is 4.91. The van der Waals surface area contributed by atoms with Crippen molar-refractivity contribution in [1.29, 1.82) is 0 Å². The van der Waals surface area contributed by atoms with Gasteiger partial charge in [0.25, 0.3) is 0 Å². The molecule has 1 aliphatic carbocycles. The van der Waals surface area contributed by atoms with Crippen molar-refractivity contribution in [3.8, 4) is 0 Å². The van der Waals surface area contributed by atoms with Gasteiger partial charge in [0, 0.05) is 25.7 Å². The fraction of sp³-hybridized carbons (Fsp3) is 0.800. The molecule has 0 spiro atoms. The van der Waals surface area contributed by atoms with E-state index in [2.05, 4.69) is 17.1 Å². The highest BCUT2D eigenvalue weighted by Gasteiger charge is 2.31. The van der Waals surface area contributed by atoms with Crippen LogP contribution in [0.1, 0.15) is 19.3 Å². The lowest BCUT2D eigenvalue weighted by atomic mass is 10.0. The second kappa shape index (κ2) is 3.58. The molecule has 2 rings (SSSR count). The van der Waals surface area contributed by atoms with Crippen molar-refractivity contribution in [2.45, 2.75) is 25.3 Å². The second-order valence-corrected chi connectivity index (χ2v) is 3.87. The summed E-state index contributed by atoms with van der Waals surface area (Å²) in [4.78, 5) is 2.48. The Bertz CT molecular complexity index is 171. The average molecular weight is 167 g/mol. The smallest absolute Gasteiger partial charge is 0.0474 e. The maximum Gasteiger partial charge on any atom is 0.0474 e. The minimum Gasteiger partial charge on any atom is -0.396 e. The maximum atomic E-state index is 9.15. The molecule has 0 bridgehead atoms. The summed E-state index contributed by atoms with van der Waals surface area (Å²) in [5, 5.41) is 9.15. The number of aliphatic hydroxyl groups excluding tert-OH is 1. The van der Waals surface area contributed by atoms with Crippen molar-refractivity contribution in [3.63, 3.8) is 0 Å². The van der Waals surface area contributed by atoms with Crippen molar-refractivity contribution < 1.29 is 5.11 Å². The predicted octanol–water partition coefficient (Wildman–Crippen LogP) is 1.02. The molecule has 2 nitrogen and oxygen atoms in total. The van der Waals surface area contributed by atoms with Gasteiger partial charge in [-0.3, -0.25) is 4.90 Å². The Morgan fingerprint density at radius 2 is 2.00 bits per heavy atom. The van der Waals surface area contributed by atoms with Crippen molar-refractivity contribution in [1.82, 2.24) is 4.90 Å². The van der Waals surface area contributed by atoms with E-state index in [1.807, 2.05) is 0 Å². The van der Waals surface area contributed by atoms with Crippen molar-refractivity contribution in [2.24, 2.45) is 5.92 Å². The number of hydrogen-bond donors (Lipinski definition) is 1. The van der Waals surface area contributed by atoms with Gasteiger partial charge >= 0.3 is 0 Å². The fourth-order valence-electron chi connectivity index (χ4n) is 2.48. The third-order valence-corrected chi connectivity index (χ3v) is 3.17. The molecule has 1 N–H and O–H groups in total. The monoisotopic (exact) mass is 167 g/mol. The van der Waals surface area contributed by atoms with Crippen LogP contribution < -0.4 is 0 Å². The molecule has 1 saturated carbocycles. The standard InChI is InChI=1S/C10H17NO/c12-8-9-4-3-5-10(9)11-6-1-2-7-11/h1-2,9-10,12H,3-8H2. The Balaban J connectivity index is 1.93. The molecular formula is C10H17NO. The first-order chi connectivity index (χ1) is 5.92. The van der Waals surface area contributed by atoms with Crippen molar-refractivity contribution in [3.05, 3.63) is 12.2 Å². The van der Waals surface area contributed by atoms with Gasteiger partial charge < -0.3 is 5.11 Å². The topological polar surface area (TPSA) is 23.5 Å². The molecule has 0 aromatic heterocycles. The number of nitrogens with zero attached hydrogens (tertiary/aromatic N) is 1. The van der Waals surface area contributed by atoms with E-state index >= 15 is 0 Å². The van der Waals surface area contributed by atoms with Crippen molar-refractivity contribution in [2.75, 3.05) is 19.7 Å². The number of hydrogen-bond acceptors (Lipinski definition) is 2. The lowest BCUT2D eigenvalue weighted by molar-refractivity contribution is 0.141. The molecule has 1 aliphatic heterocycles. The number of aliphatic hydroxyl groups is 1. The zero-order valence-corrected chi connectivity index (χ0v) is 7.45. The first kappa shape index (κ1) is 8.27. The molecule has 1 fully saturated rings. The Labute approximate surface area is 73.9 Å². The molecule has 2 unspecified atom stereocenters. The Kier molecular flexibility index (Phi) is 2.47. The summed E-state index contributed by atoms with van der Waals surface area (Å²) in [7, 11) is 0. The van der Waals surface area contributed by atoms with Crippen LogP contribution in [0.3, 0.4) is 0 Å². The van der Waals surface area contributed by atoms with Crippen molar-refractivity contribution >= 4 is 0 Å². The van der Waals surface area contributed by atoms with E-state index in [0.29, 0.717) is 18.6 Å². The summed E-state index contributed by atoms with van der Waals surface area (Å²) in [6, 6.07) is 0.657. The quantitative estimate of drug-likeness (QED) is 0.621. The Morgan fingerprint density at radius 1 is 1.25 bits per heavy atom. The van der Waals surface area contributed by atoms with Crippen LogP contribution in [0.4, 0.5) is 0 Å². The molecule has 0 radical (unpaired) electrons. The SMILES string of the molecule is OCC1CCCC1N1CC=CC1. The van der Waals surface area contributed by atoms with Crippen LogP contribution in [0.2, 0.25) is 0 Å². The zero-order chi connectivity index (χ0) is 8.39. The summed E-state index contributed by atoms with van der Waals surface area (Å²) < 4.78 is 0. The Hall–Kier alpha value is -0.340. The fourth-order valence-corrected chi connectivity index (χ4v) is 2.48. The van der Waals surface area contributed by atoms with Gasteiger partial charge in [-0.25, -0.2) is 0 Å². The lowest BCUT2D eigenvalue weighted by Gasteiger charge is -2.27. The van der Waals surface area contributed by atoms with Gasteiger partial charge in [0.15, 0.2) is 0 Å². The van der Waals surface area contributed by atoms with E-state index in [9.17, 15) is 0 Å². The van der Waals surface area contributed by atoms with Gasteiger partial charge in [0.2, 0.25) is 0 Å². The van der Waals surface area contributed by atoms with Crippen LogP contribution in [0, 0.1) is 5.92 Å². The molecule has 0 aromatic carbocycles. The van der Waals surface area contributed by atoms with E-state index in [0.717, 1.165) is 13.1 Å². The molecule has 2 heteroatoms. The first-order valence-corrected chi connectivity index (χ1v) is 4.91. The van der Waals surface area contributed by atoms with E-state index in [-0.39, 0.29) is 0 Å². The largest absolute Gasteiger partial charge is 0.396 e. The van der Waals surface area contributed by atoms with Crippen LogP contribution in [0.15, 0.2) is 12.2 Å². The second-order valence-electron chi connectivity index (χ2n) is 3.87. The number of rotatable bonds is 2. The lowest BCUT2D eigenvalue weighted by Crippen LogP contribution is -2.37. The predicted molar refractivity (Wildman–Crippen MR) is 48.9 cm³/mol. The van der Waals surface area contributed by atoms with Gasteiger partial charge in [-0.2, -0.15) is 0 Å². The van der Waals surface area contributed by atoms with E-state index in [1.54, 1.807) is 0 Å². The molecule has 0 aromatic rings. The summed E-state index contributed by atoms with van der Waals surface area (Å²) >= 11 is 0. The minimum atomic E-state index is 0.376. The molecule has 12 heavy (non-hydrogen) atoms. The third kappa shape index (κ3) is 1.41. The van der Waals surface area contributed by atoms with Gasteiger partial charge in [-0.05, 0) is 18.8 Å². The highest BCUT2D eigenvalue weighted by Crippen LogP contribution is 2.30. The van der Waals surface area contributed by atoms with E-state index < -0.39 is 0 Å². The van der Waals surface area contributed by atoms with Gasteiger partial charge in [-0.1, -0.05) is 18.6 Å². The average Bonchev–Trinajstić information content (AvgIpc) is 2.74. The molecule has 0 amide bonds. The van der Waals surface area contributed by atoms with Crippen LogP contribution in [-0.4, -0.2) is 35.7 Å². The molecule has 0 saturated heterocycles. The molecule has 2 aliphatic rings. The van der Waals surface area contributed by atoms with Crippen LogP contribution in [-0.2, 0) is 0 Å². The highest BCUT2D eigenvalue weighted by atomic mass is 16.3. The highest BCUT2D eigenvalue weighted by molar-refractivity contribution is 5.00. The molecular weight excluding hydrogens is 150 g/mol. The van der Waals surface area contributed by atoms with Gasteiger partial charge in [-0.15, -0.1) is 0 Å². The van der Waals surface area contributed by atoms with Crippen LogP contribution >= 0.6 is 0 Å². The minimum absolute atomic E-state index is 0.376. The van der Waals surface area contributed by atoms with E-state index in [1.165, 1.54) is 19.3 Å².